The van der Waals surface area contributed by atoms with Gasteiger partial charge >= 0.3 is 0 Å². The molecule has 0 aliphatic carbocycles. The van der Waals surface area contributed by atoms with E-state index in [0.717, 1.165) is 31.8 Å². The number of hydrogen-bond acceptors (Lipinski definition) is 3. The van der Waals surface area contributed by atoms with Crippen molar-refractivity contribution in [3.05, 3.63) is 10.7 Å². The van der Waals surface area contributed by atoms with Gasteiger partial charge in [-0.05, 0) is 20.0 Å². The predicted molar refractivity (Wildman–Crippen MR) is 54.9 cm³/mol. The van der Waals surface area contributed by atoms with E-state index in [1.807, 2.05) is 7.05 Å². The van der Waals surface area contributed by atoms with Crippen molar-refractivity contribution >= 4 is 17.4 Å². The molecule has 74 valence electrons. The van der Waals surface area contributed by atoms with Crippen molar-refractivity contribution in [2.75, 3.05) is 26.7 Å². The predicted octanol–water partition coefficient (Wildman–Crippen LogP) is 0.298. The largest absolute Gasteiger partial charge is 0.386 e. The molecular formula is C8H15ClN4. The molecule has 4 N–H and O–H groups in total. The third-order valence-electron chi connectivity index (χ3n) is 1.98. The highest BCUT2D eigenvalue weighted by Gasteiger charge is 2.12. The normalized spacial score (nSPS) is 23.2. The lowest BCUT2D eigenvalue weighted by atomic mass is 10.3. The molecule has 0 atom stereocenters. The number of halogens is 1. The summed E-state index contributed by atoms with van der Waals surface area (Å²) in [6.07, 6.45) is 1.09. The van der Waals surface area contributed by atoms with Crippen molar-refractivity contribution in [3.8, 4) is 0 Å². The Hall–Kier alpha value is -0.740. The molecule has 4 nitrogen and oxygen atoms in total. The number of likely N-dealkylation sites (N-methyl/N-ethyl adjacent to an activating group) is 1. The van der Waals surface area contributed by atoms with E-state index in [0.29, 0.717) is 5.03 Å². The van der Waals surface area contributed by atoms with Crippen LogP contribution in [0.2, 0.25) is 0 Å². The second kappa shape index (κ2) is 4.48. The first kappa shape index (κ1) is 10.3. The minimum Gasteiger partial charge on any atom is -0.386 e. The topological polar surface area (TPSA) is 65.1 Å². The zero-order chi connectivity index (χ0) is 9.84. The van der Waals surface area contributed by atoms with Gasteiger partial charge in [-0.2, -0.15) is 0 Å². The first-order chi connectivity index (χ1) is 6.11. The van der Waals surface area contributed by atoms with Crippen LogP contribution < -0.4 is 11.1 Å². The van der Waals surface area contributed by atoms with Crippen LogP contribution in [0.3, 0.4) is 0 Å². The van der Waals surface area contributed by atoms with E-state index in [2.05, 4.69) is 10.2 Å². The van der Waals surface area contributed by atoms with E-state index in [9.17, 15) is 0 Å². The van der Waals surface area contributed by atoms with Gasteiger partial charge in [0.15, 0.2) is 0 Å². The Kier molecular flexibility index (Phi) is 3.57. The van der Waals surface area contributed by atoms with Crippen molar-refractivity contribution in [2.24, 2.45) is 5.73 Å². The molecule has 1 heterocycles. The highest BCUT2D eigenvalue weighted by atomic mass is 35.5. The fourth-order valence-electron chi connectivity index (χ4n) is 1.30. The highest BCUT2D eigenvalue weighted by Crippen LogP contribution is 2.10. The molecule has 0 saturated carbocycles. The summed E-state index contributed by atoms with van der Waals surface area (Å²) in [4.78, 5) is 2.15. The maximum atomic E-state index is 7.20. The van der Waals surface area contributed by atoms with Crippen LogP contribution in [-0.2, 0) is 0 Å². The lowest BCUT2D eigenvalue weighted by molar-refractivity contribution is 0.373. The van der Waals surface area contributed by atoms with E-state index in [-0.39, 0.29) is 5.84 Å². The second-order valence-electron chi connectivity index (χ2n) is 3.22. The minimum atomic E-state index is -0.0699. The number of nitrogens with two attached hydrogens (primary N) is 1. The lowest BCUT2D eigenvalue weighted by Gasteiger charge is -2.14. The van der Waals surface area contributed by atoms with E-state index in [1.54, 1.807) is 0 Å². The molecule has 0 aromatic rings. The first-order valence-corrected chi connectivity index (χ1v) is 4.64. The van der Waals surface area contributed by atoms with Crippen LogP contribution in [-0.4, -0.2) is 37.4 Å². The monoisotopic (exact) mass is 202 g/mol. The van der Waals surface area contributed by atoms with Gasteiger partial charge in [-0.25, -0.2) is 0 Å². The van der Waals surface area contributed by atoms with Crippen molar-refractivity contribution in [2.45, 2.75) is 6.42 Å². The van der Waals surface area contributed by atoms with Crippen LogP contribution in [0.4, 0.5) is 0 Å². The Labute approximate surface area is 83.2 Å². The Balaban J connectivity index is 2.77. The average Bonchev–Trinajstić information content (AvgIpc) is 2.28. The van der Waals surface area contributed by atoms with E-state index in [1.165, 1.54) is 0 Å². The van der Waals surface area contributed by atoms with Gasteiger partial charge in [0.05, 0.1) is 0 Å². The van der Waals surface area contributed by atoms with Crippen molar-refractivity contribution in [3.63, 3.8) is 0 Å². The molecule has 0 spiro atoms. The van der Waals surface area contributed by atoms with Crippen molar-refractivity contribution in [1.29, 1.82) is 5.41 Å². The molecule has 1 rings (SSSR count). The molecule has 0 unspecified atom stereocenters. The fraction of sp³-hybridized carbons (Fsp3) is 0.625. The Morgan fingerprint density at radius 2 is 2.38 bits per heavy atom. The molecule has 0 bridgehead atoms. The third-order valence-corrected chi connectivity index (χ3v) is 2.42. The summed E-state index contributed by atoms with van der Waals surface area (Å²) in [5, 5.41) is 10.7. The number of nitrogens with zero attached hydrogens (tertiary/aromatic N) is 1. The molecule has 1 aliphatic heterocycles. The molecule has 0 aromatic heterocycles. The van der Waals surface area contributed by atoms with Gasteiger partial charge in [-0.1, -0.05) is 11.6 Å². The van der Waals surface area contributed by atoms with Gasteiger partial charge in [0.2, 0.25) is 0 Å². The minimum absolute atomic E-state index is 0.0699. The molecular weight excluding hydrogens is 188 g/mol. The maximum Gasteiger partial charge on any atom is 0.136 e. The first-order valence-electron chi connectivity index (χ1n) is 4.26. The van der Waals surface area contributed by atoms with Gasteiger partial charge in [0.1, 0.15) is 10.9 Å². The lowest BCUT2D eigenvalue weighted by Crippen LogP contribution is -2.26. The smallest absolute Gasteiger partial charge is 0.136 e. The summed E-state index contributed by atoms with van der Waals surface area (Å²) in [5.41, 5.74) is 6.15. The van der Waals surface area contributed by atoms with Gasteiger partial charge in [0.25, 0.3) is 0 Å². The number of amidine groups is 1. The Bertz CT molecular complexity index is 236. The van der Waals surface area contributed by atoms with Gasteiger partial charge in [-0.15, -0.1) is 0 Å². The van der Waals surface area contributed by atoms with Crippen molar-refractivity contribution in [1.82, 2.24) is 10.2 Å². The summed E-state index contributed by atoms with van der Waals surface area (Å²) < 4.78 is 0. The molecule has 0 aromatic carbocycles. The molecule has 0 radical (unpaired) electrons. The van der Waals surface area contributed by atoms with Crippen LogP contribution in [0.25, 0.3) is 0 Å². The van der Waals surface area contributed by atoms with Crippen molar-refractivity contribution < 1.29 is 0 Å². The van der Waals surface area contributed by atoms with Crippen LogP contribution in [0, 0.1) is 5.41 Å². The Morgan fingerprint density at radius 1 is 1.69 bits per heavy atom. The van der Waals surface area contributed by atoms with E-state index < -0.39 is 0 Å². The average molecular weight is 203 g/mol. The summed E-state index contributed by atoms with van der Waals surface area (Å²) in [7, 11) is 2.03. The molecule has 1 aliphatic rings. The summed E-state index contributed by atoms with van der Waals surface area (Å²) in [5.74, 6) is -0.0699. The molecule has 13 heavy (non-hydrogen) atoms. The third kappa shape index (κ3) is 2.90. The van der Waals surface area contributed by atoms with E-state index >= 15 is 0 Å². The Morgan fingerprint density at radius 3 is 3.00 bits per heavy atom. The van der Waals surface area contributed by atoms with Crippen LogP contribution in [0.5, 0.6) is 0 Å². The standard InChI is InChI=1S/C8H15ClN4/c1-13-4-2-3-12-6(5-13)7(9)8(10)11/h12H,2-5H2,1H3,(H3,10,11)/b7-6+. The van der Waals surface area contributed by atoms with Gasteiger partial charge in [-0.3, -0.25) is 5.41 Å². The zero-order valence-electron chi connectivity index (χ0n) is 7.73. The molecule has 1 saturated heterocycles. The molecule has 1 fully saturated rings. The number of nitrogens with one attached hydrogen (secondary N) is 2. The van der Waals surface area contributed by atoms with Crippen LogP contribution in [0.15, 0.2) is 10.7 Å². The van der Waals surface area contributed by atoms with Crippen LogP contribution in [0.1, 0.15) is 6.42 Å². The van der Waals surface area contributed by atoms with Crippen LogP contribution >= 0.6 is 11.6 Å². The summed E-state index contributed by atoms with van der Waals surface area (Å²) in [6, 6.07) is 0. The highest BCUT2D eigenvalue weighted by molar-refractivity contribution is 6.42. The van der Waals surface area contributed by atoms with Gasteiger partial charge < -0.3 is 16.0 Å². The number of hydrogen-bond donors (Lipinski definition) is 3. The molecule has 5 heteroatoms. The number of rotatable bonds is 1. The molecule has 0 amide bonds. The van der Waals surface area contributed by atoms with Gasteiger partial charge in [0, 0.05) is 18.8 Å². The summed E-state index contributed by atoms with van der Waals surface area (Å²) >= 11 is 5.87. The zero-order valence-corrected chi connectivity index (χ0v) is 8.49. The fourth-order valence-corrected chi connectivity index (χ4v) is 1.43. The van der Waals surface area contributed by atoms with E-state index in [4.69, 9.17) is 22.7 Å². The quantitative estimate of drug-likeness (QED) is 0.423. The second-order valence-corrected chi connectivity index (χ2v) is 3.60. The summed E-state index contributed by atoms with van der Waals surface area (Å²) in [6.45, 7) is 2.67. The SMILES string of the molecule is CN1CCCN/C(=C(/Cl)C(=N)N)C1. The maximum absolute atomic E-state index is 7.20.